The van der Waals surface area contributed by atoms with Crippen LogP contribution in [-0.4, -0.2) is 20.1 Å². The van der Waals surface area contributed by atoms with E-state index in [4.69, 9.17) is 0 Å². The van der Waals surface area contributed by atoms with Crippen molar-refractivity contribution in [2.24, 2.45) is 11.8 Å². The van der Waals surface area contributed by atoms with Gasteiger partial charge < -0.3 is 10.2 Å². The standard InChI is InChI=1S/C18H30N2/c1-14(2)16-6-5-12-20(13-11-16)18-9-7-17(8-10-18)15(3)19-4/h7-10,14-16,19H,5-6,11-13H2,1-4H3. The first-order valence-electron chi connectivity index (χ1n) is 8.14. The fourth-order valence-electron chi connectivity index (χ4n) is 3.19. The topological polar surface area (TPSA) is 15.3 Å². The average molecular weight is 274 g/mol. The largest absolute Gasteiger partial charge is 0.372 e. The second-order valence-corrected chi connectivity index (χ2v) is 6.52. The molecule has 0 radical (unpaired) electrons. The molecule has 1 saturated heterocycles. The van der Waals surface area contributed by atoms with Crippen LogP contribution in [0.4, 0.5) is 5.69 Å². The van der Waals surface area contributed by atoms with Crippen molar-refractivity contribution in [1.82, 2.24) is 5.32 Å². The summed E-state index contributed by atoms with van der Waals surface area (Å²) in [6, 6.07) is 9.54. The maximum absolute atomic E-state index is 3.29. The summed E-state index contributed by atoms with van der Waals surface area (Å²) in [5.74, 6) is 1.73. The van der Waals surface area contributed by atoms with Gasteiger partial charge in [0, 0.05) is 24.8 Å². The predicted molar refractivity (Wildman–Crippen MR) is 88.3 cm³/mol. The molecule has 2 heteroatoms. The third-order valence-electron chi connectivity index (χ3n) is 4.91. The number of anilines is 1. The van der Waals surface area contributed by atoms with Gasteiger partial charge in [-0.2, -0.15) is 0 Å². The Bertz CT molecular complexity index is 396. The molecule has 1 fully saturated rings. The molecule has 0 amide bonds. The van der Waals surface area contributed by atoms with Crippen molar-refractivity contribution in [3.8, 4) is 0 Å². The molecule has 2 rings (SSSR count). The minimum atomic E-state index is 0.429. The molecule has 1 heterocycles. The van der Waals surface area contributed by atoms with Gasteiger partial charge in [0.2, 0.25) is 0 Å². The van der Waals surface area contributed by atoms with E-state index in [-0.39, 0.29) is 0 Å². The van der Waals surface area contributed by atoms with Crippen LogP contribution in [0.2, 0.25) is 0 Å². The molecule has 112 valence electrons. The highest BCUT2D eigenvalue weighted by atomic mass is 15.1. The molecule has 1 N–H and O–H groups in total. The van der Waals surface area contributed by atoms with Crippen molar-refractivity contribution >= 4 is 5.69 Å². The number of nitrogens with zero attached hydrogens (tertiary/aromatic N) is 1. The first-order chi connectivity index (χ1) is 9.61. The summed E-state index contributed by atoms with van der Waals surface area (Å²) in [7, 11) is 2.01. The van der Waals surface area contributed by atoms with Crippen molar-refractivity contribution < 1.29 is 0 Å². The van der Waals surface area contributed by atoms with Gasteiger partial charge in [0.05, 0.1) is 0 Å². The molecule has 0 bridgehead atoms. The summed E-state index contributed by atoms with van der Waals surface area (Å²) in [5.41, 5.74) is 2.76. The minimum absolute atomic E-state index is 0.429. The monoisotopic (exact) mass is 274 g/mol. The Labute approximate surface area is 124 Å². The molecule has 0 spiro atoms. The van der Waals surface area contributed by atoms with E-state index >= 15 is 0 Å². The van der Waals surface area contributed by atoms with Gasteiger partial charge in [-0.15, -0.1) is 0 Å². The van der Waals surface area contributed by atoms with Crippen molar-refractivity contribution in [3.63, 3.8) is 0 Å². The van der Waals surface area contributed by atoms with Crippen molar-refractivity contribution in [3.05, 3.63) is 29.8 Å². The van der Waals surface area contributed by atoms with Gasteiger partial charge in [0.1, 0.15) is 0 Å². The Morgan fingerprint density at radius 1 is 1.05 bits per heavy atom. The maximum Gasteiger partial charge on any atom is 0.0366 e. The van der Waals surface area contributed by atoms with Crippen molar-refractivity contribution in [1.29, 1.82) is 0 Å². The highest BCUT2D eigenvalue weighted by Gasteiger charge is 2.19. The summed E-state index contributed by atoms with van der Waals surface area (Å²) < 4.78 is 0. The molecule has 2 nitrogen and oxygen atoms in total. The molecule has 1 aromatic rings. The van der Waals surface area contributed by atoms with E-state index in [1.165, 1.54) is 43.6 Å². The van der Waals surface area contributed by atoms with Gasteiger partial charge in [-0.3, -0.25) is 0 Å². The lowest BCUT2D eigenvalue weighted by molar-refractivity contribution is 0.351. The number of benzene rings is 1. The van der Waals surface area contributed by atoms with Gasteiger partial charge in [0.15, 0.2) is 0 Å². The molecule has 0 saturated carbocycles. The van der Waals surface area contributed by atoms with Crippen LogP contribution in [0, 0.1) is 11.8 Å². The van der Waals surface area contributed by atoms with E-state index < -0.39 is 0 Å². The molecule has 0 aliphatic carbocycles. The van der Waals surface area contributed by atoms with Gasteiger partial charge in [0.25, 0.3) is 0 Å². The zero-order valence-electron chi connectivity index (χ0n) is 13.5. The van der Waals surface area contributed by atoms with Gasteiger partial charge in [-0.05, 0) is 62.8 Å². The van der Waals surface area contributed by atoms with Crippen LogP contribution in [0.3, 0.4) is 0 Å². The van der Waals surface area contributed by atoms with Crippen LogP contribution in [-0.2, 0) is 0 Å². The third-order valence-corrected chi connectivity index (χ3v) is 4.91. The number of hydrogen-bond acceptors (Lipinski definition) is 2. The fourth-order valence-corrected chi connectivity index (χ4v) is 3.19. The lowest BCUT2D eigenvalue weighted by Gasteiger charge is -2.24. The van der Waals surface area contributed by atoms with E-state index in [9.17, 15) is 0 Å². The summed E-state index contributed by atoms with van der Waals surface area (Å²) >= 11 is 0. The Morgan fingerprint density at radius 3 is 2.35 bits per heavy atom. The smallest absolute Gasteiger partial charge is 0.0366 e. The second-order valence-electron chi connectivity index (χ2n) is 6.52. The summed E-state index contributed by atoms with van der Waals surface area (Å²) in [5, 5.41) is 3.29. The zero-order chi connectivity index (χ0) is 14.5. The zero-order valence-corrected chi connectivity index (χ0v) is 13.5. The van der Waals surface area contributed by atoms with E-state index in [0.717, 1.165) is 11.8 Å². The number of hydrogen-bond donors (Lipinski definition) is 1. The molecule has 1 aliphatic heterocycles. The summed E-state index contributed by atoms with van der Waals surface area (Å²) in [6.07, 6.45) is 4.06. The number of rotatable bonds is 4. The Kier molecular flexibility index (Phi) is 5.47. The Balaban J connectivity index is 2.01. The predicted octanol–water partition coefficient (Wildman–Crippen LogP) is 4.23. The van der Waals surface area contributed by atoms with E-state index in [2.05, 4.69) is 55.3 Å². The first kappa shape index (κ1) is 15.4. The van der Waals surface area contributed by atoms with Crippen LogP contribution >= 0.6 is 0 Å². The van der Waals surface area contributed by atoms with E-state index in [1.807, 2.05) is 7.05 Å². The lowest BCUT2D eigenvalue weighted by atomic mass is 9.89. The molecule has 20 heavy (non-hydrogen) atoms. The SMILES string of the molecule is CNC(C)c1ccc(N2CCCC(C(C)C)CC2)cc1. The molecule has 0 aromatic heterocycles. The van der Waals surface area contributed by atoms with Gasteiger partial charge >= 0.3 is 0 Å². The normalized spacial score (nSPS) is 21.9. The summed E-state index contributed by atoms with van der Waals surface area (Å²) in [4.78, 5) is 2.57. The summed E-state index contributed by atoms with van der Waals surface area (Å²) in [6.45, 7) is 9.37. The van der Waals surface area contributed by atoms with E-state index in [1.54, 1.807) is 0 Å². The molecular formula is C18H30N2. The third kappa shape index (κ3) is 3.76. The Morgan fingerprint density at radius 2 is 1.75 bits per heavy atom. The first-order valence-corrected chi connectivity index (χ1v) is 8.14. The van der Waals surface area contributed by atoms with Crippen LogP contribution in [0.1, 0.15) is 51.6 Å². The van der Waals surface area contributed by atoms with E-state index in [0.29, 0.717) is 6.04 Å². The Hall–Kier alpha value is -1.02. The molecular weight excluding hydrogens is 244 g/mol. The number of nitrogens with one attached hydrogen (secondary N) is 1. The average Bonchev–Trinajstić information content (AvgIpc) is 2.72. The van der Waals surface area contributed by atoms with Crippen LogP contribution < -0.4 is 10.2 Å². The van der Waals surface area contributed by atoms with Crippen LogP contribution in [0.15, 0.2) is 24.3 Å². The highest BCUT2D eigenvalue weighted by Crippen LogP contribution is 2.27. The lowest BCUT2D eigenvalue weighted by Crippen LogP contribution is -2.24. The van der Waals surface area contributed by atoms with Crippen molar-refractivity contribution in [2.45, 2.75) is 46.1 Å². The molecule has 2 atom stereocenters. The van der Waals surface area contributed by atoms with Crippen LogP contribution in [0.5, 0.6) is 0 Å². The molecule has 1 aromatic carbocycles. The minimum Gasteiger partial charge on any atom is -0.372 e. The van der Waals surface area contributed by atoms with Gasteiger partial charge in [-0.1, -0.05) is 26.0 Å². The highest BCUT2D eigenvalue weighted by molar-refractivity contribution is 5.48. The van der Waals surface area contributed by atoms with Gasteiger partial charge in [-0.25, -0.2) is 0 Å². The molecule has 1 aliphatic rings. The quantitative estimate of drug-likeness (QED) is 0.884. The van der Waals surface area contributed by atoms with Crippen LogP contribution in [0.25, 0.3) is 0 Å². The van der Waals surface area contributed by atoms with Crippen molar-refractivity contribution in [2.75, 3.05) is 25.0 Å². The maximum atomic E-state index is 3.29. The fraction of sp³-hybridized carbons (Fsp3) is 0.667. The molecule has 2 unspecified atom stereocenters. The second kappa shape index (κ2) is 7.12.